The maximum atomic E-state index is 12.7. The molecule has 160 valence electrons. The van der Waals surface area contributed by atoms with E-state index in [9.17, 15) is 14.9 Å². The number of tetrazole rings is 1. The maximum absolute atomic E-state index is 12.7. The van der Waals surface area contributed by atoms with Gasteiger partial charge in [0.2, 0.25) is 5.95 Å². The van der Waals surface area contributed by atoms with Gasteiger partial charge in [0, 0.05) is 23.3 Å². The lowest BCUT2D eigenvalue weighted by atomic mass is 9.91. The fourth-order valence-electron chi connectivity index (χ4n) is 3.87. The highest BCUT2D eigenvalue weighted by Gasteiger charge is 2.34. The second-order valence-corrected chi connectivity index (χ2v) is 7.79. The molecular formula is C21H18N8O3. The summed E-state index contributed by atoms with van der Waals surface area (Å²) in [6.07, 6.45) is 0. The summed E-state index contributed by atoms with van der Waals surface area (Å²) in [7, 11) is 0. The Hall–Kier alpha value is -4.41. The van der Waals surface area contributed by atoms with E-state index in [-0.39, 0.29) is 11.4 Å². The lowest BCUT2D eigenvalue weighted by molar-refractivity contribution is -0.384. The second kappa shape index (κ2) is 7.38. The van der Waals surface area contributed by atoms with Crippen LogP contribution in [0.15, 0.2) is 53.3 Å². The molecule has 0 saturated carbocycles. The molecule has 0 fully saturated rings. The van der Waals surface area contributed by atoms with E-state index in [0.29, 0.717) is 28.7 Å². The molecule has 5 rings (SSSR count). The number of hydrogen-bond acceptors (Lipinski definition) is 8. The van der Waals surface area contributed by atoms with Gasteiger partial charge in [-0.15, -0.1) is 0 Å². The zero-order valence-corrected chi connectivity index (χ0v) is 17.2. The number of H-pyrrole nitrogens is 1. The molecular weight excluding hydrogens is 412 g/mol. The minimum absolute atomic E-state index is 0.0336. The normalized spacial score (nSPS) is 14.5. The number of aromatic amines is 1. The van der Waals surface area contributed by atoms with E-state index in [2.05, 4.69) is 44.9 Å². The van der Waals surface area contributed by atoms with Crippen LogP contribution in [0.3, 0.4) is 0 Å². The summed E-state index contributed by atoms with van der Waals surface area (Å²) in [5, 5.41) is 32.7. The first-order chi connectivity index (χ1) is 15.4. The highest BCUT2D eigenvalue weighted by Crippen LogP contribution is 2.41. The van der Waals surface area contributed by atoms with Crippen molar-refractivity contribution in [1.82, 2.24) is 30.4 Å². The SMILES string of the molecule is CC(C)c1ccc([C@@H]2c3c(-c4ccc([N+](=O)[O-])cc4)n[nH]c(=O)c3Nc3nnnn32)cc1. The highest BCUT2D eigenvalue weighted by atomic mass is 16.6. The van der Waals surface area contributed by atoms with Crippen molar-refractivity contribution in [2.45, 2.75) is 25.8 Å². The van der Waals surface area contributed by atoms with E-state index in [1.165, 1.54) is 17.7 Å². The Morgan fingerprint density at radius 1 is 1.09 bits per heavy atom. The van der Waals surface area contributed by atoms with Crippen LogP contribution < -0.4 is 10.9 Å². The predicted molar refractivity (Wildman–Crippen MR) is 116 cm³/mol. The van der Waals surface area contributed by atoms with Crippen molar-refractivity contribution in [2.75, 3.05) is 5.32 Å². The van der Waals surface area contributed by atoms with Crippen LogP contribution in [0.25, 0.3) is 11.3 Å². The summed E-state index contributed by atoms with van der Waals surface area (Å²) in [5.41, 5.74) is 3.57. The molecule has 32 heavy (non-hydrogen) atoms. The van der Waals surface area contributed by atoms with Crippen LogP contribution in [-0.2, 0) is 0 Å². The Kier molecular flexibility index (Phi) is 4.51. The molecule has 0 amide bonds. The molecule has 1 aliphatic heterocycles. The van der Waals surface area contributed by atoms with Gasteiger partial charge in [0.25, 0.3) is 11.2 Å². The van der Waals surface area contributed by atoms with Crippen LogP contribution in [-0.4, -0.2) is 35.3 Å². The monoisotopic (exact) mass is 430 g/mol. The van der Waals surface area contributed by atoms with Crippen LogP contribution >= 0.6 is 0 Å². The molecule has 3 heterocycles. The molecule has 1 aliphatic rings. The predicted octanol–water partition coefficient (Wildman–Crippen LogP) is 3.15. The van der Waals surface area contributed by atoms with Gasteiger partial charge in [-0.3, -0.25) is 14.9 Å². The number of nitro benzene ring substituents is 1. The van der Waals surface area contributed by atoms with Crippen molar-refractivity contribution in [3.8, 4) is 11.3 Å². The third-order valence-corrected chi connectivity index (χ3v) is 5.54. The summed E-state index contributed by atoms with van der Waals surface area (Å²) in [5.74, 6) is 0.704. The van der Waals surface area contributed by atoms with E-state index in [4.69, 9.17) is 0 Å². The lowest BCUT2D eigenvalue weighted by Crippen LogP contribution is -2.29. The number of anilines is 2. The molecule has 0 aliphatic carbocycles. The standard InChI is InChI=1S/C21H18N8O3/c1-11(2)12-3-5-14(6-4-12)19-16-17(13-7-9-15(10-8-13)29(31)32)23-24-20(30)18(16)22-21-25-26-27-28(19)21/h3-11,19H,1-2H3,(H,24,30)(H,22,25,27)/t19-/m1/s1. The molecule has 2 aromatic heterocycles. The fourth-order valence-corrected chi connectivity index (χ4v) is 3.87. The number of hydrogen-bond donors (Lipinski definition) is 2. The van der Waals surface area contributed by atoms with Gasteiger partial charge in [0.15, 0.2) is 0 Å². The third kappa shape index (κ3) is 3.11. The topological polar surface area (TPSA) is 145 Å². The van der Waals surface area contributed by atoms with Crippen molar-refractivity contribution >= 4 is 17.3 Å². The van der Waals surface area contributed by atoms with Crippen molar-refractivity contribution in [2.24, 2.45) is 0 Å². The summed E-state index contributed by atoms with van der Waals surface area (Å²) in [6.45, 7) is 4.23. The molecule has 0 spiro atoms. The number of benzene rings is 2. The van der Waals surface area contributed by atoms with Crippen molar-refractivity contribution in [3.05, 3.63) is 85.7 Å². The Morgan fingerprint density at radius 2 is 1.81 bits per heavy atom. The maximum Gasteiger partial charge on any atom is 0.288 e. The van der Waals surface area contributed by atoms with E-state index in [1.54, 1.807) is 16.8 Å². The Balaban J connectivity index is 1.73. The number of non-ortho nitro benzene ring substituents is 1. The van der Waals surface area contributed by atoms with Gasteiger partial charge < -0.3 is 5.32 Å². The molecule has 4 aromatic rings. The largest absolute Gasteiger partial charge is 0.318 e. The number of fused-ring (bicyclic) bond motifs is 2. The summed E-state index contributed by atoms with van der Waals surface area (Å²) in [4.78, 5) is 23.3. The average Bonchev–Trinajstić information content (AvgIpc) is 3.27. The Bertz CT molecular complexity index is 1370. The number of aromatic nitrogens is 6. The minimum Gasteiger partial charge on any atom is -0.318 e. The van der Waals surface area contributed by atoms with E-state index < -0.39 is 16.5 Å². The minimum atomic E-state index is -0.516. The molecule has 2 aromatic carbocycles. The Morgan fingerprint density at radius 3 is 2.47 bits per heavy atom. The van der Waals surface area contributed by atoms with Gasteiger partial charge in [0.05, 0.1) is 10.6 Å². The molecule has 0 saturated heterocycles. The molecule has 2 N–H and O–H groups in total. The molecule has 1 atom stereocenters. The highest BCUT2D eigenvalue weighted by molar-refractivity contribution is 5.75. The third-order valence-electron chi connectivity index (χ3n) is 5.54. The van der Waals surface area contributed by atoms with Crippen molar-refractivity contribution in [3.63, 3.8) is 0 Å². The van der Waals surface area contributed by atoms with Gasteiger partial charge >= 0.3 is 0 Å². The molecule has 0 unspecified atom stereocenters. The first-order valence-corrected chi connectivity index (χ1v) is 9.96. The van der Waals surface area contributed by atoms with E-state index >= 15 is 0 Å². The smallest absolute Gasteiger partial charge is 0.288 e. The first kappa shape index (κ1) is 19.5. The van der Waals surface area contributed by atoms with Crippen molar-refractivity contribution in [1.29, 1.82) is 0 Å². The van der Waals surface area contributed by atoms with Gasteiger partial charge in [-0.2, -0.15) is 9.78 Å². The first-order valence-electron chi connectivity index (χ1n) is 9.96. The van der Waals surface area contributed by atoms with Gasteiger partial charge in [0.1, 0.15) is 11.7 Å². The van der Waals surface area contributed by atoms with Crippen LogP contribution in [0.5, 0.6) is 0 Å². The van der Waals surface area contributed by atoms with Crippen LogP contribution in [0.2, 0.25) is 0 Å². The Labute approximate surface area is 181 Å². The zero-order chi connectivity index (χ0) is 22.4. The van der Waals surface area contributed by atoms with Crippen LogP contribution in [0.1, 0.15) is 42.5 Å². The molecule has 0 radical (unpaired) electrons. The van der Waals surface area contributed by atoms with Gasteiger partial charge in [-0.05, 0) is 39.6 Å². The summed E-state index contributed by atoms with van der Waals surface area (Å²) < 4.78 is 1.60. The van der Waals surface area contributed by atoms with Crippen LogP contribution in [0, 0.1) is 10.1 Å². The molecule has 11 heteroatoms. The van der Waals surface area contributed by atoms with E-state index in [1.807, 2.05) is 24.3 Å². The fraction of sp³-hybridized carbons (Fsp3) is 0.190. The number of nitrogens with one attached hydrogen (secondary N) is 2. The van der Waals surface area contributed by atoms with Crippen LogP contribution in [0.4, 0.5) is 17.3 Å². The average molecular weight is 430 g/mol. The number of nitro groups is 1. The molecule has 11 nitrogen and oxygen atoms in total. The second-order valence-electron chi connectivity index (χ2n) is 7.79. The quantitative estimate of drug-likeness (QED) is 0.327. The molecule has 0 bridgehead atoms. The van der Waals surface area contributed by atoms with Crippen molar-refractivity contribution < 1.29 is 4.92 Å². The lowest BCUT2D eigenvalue weighted by Gasteiger charge is -2.28. The van der Waals surface area contributed by atoms with E-state index in [0.717, 1.165) is 5.56 Å². The number of rotatable bonds is 4. The zero-order valence-electron chi connectivity index (χ0n) is 17.2. The number of nitrogens with zero attached hydrogens (tertiary/aromatic N) is 6. The van der Waals surface area contributed by atoms with Gasteiger partial charge in [-0.25, -0.2) is 5.10 Å². The summed E-state index contributed by atoms with van der Waals surface area (Å²) in [6, 6.07) is 13.6. The summed E-state index contributed by atoms with van der Waals surface area (Å²) >= 11 is 0. The van der Waals surface area contributed by atoms with Gasteiger partial charge in [-0.1, -0.05) is 43.2 Å².